The van der Waals surface area contributed by atoms with Crippen molar-refractivity contribution in [3.05, 3.63) is 65.2 Å². The third-order valence-electron chi connectivity index (χ3n) is 4.31. The van der Waals surface area contributed by atoms with Crippen molar-refractivity contribution < 1.29 is 19.1 Å². The molecule has 1 amide bonds. The molecule has 0 atom stereocenters. The zero-order valence-electron chi connectivity index (χ0n) is 14.2. The van der Waals surface area contributed by atoms with Gasteiger partial charge in [0, 0.05) is 30.6 Å². The van der Waals surface area contributed by atoms with Gasteiger partial charge in [-0.15, -0.1) is 0 Å². The van der Waals surface area contributed by atoms with Gasteiger partial charge in [-0.25, -0.2) is 0 Å². The number of hydrogen-bond acceptors (Lipinski definition) is 4. The third-order valence-corrected chi connectivity index (χ3v) is 4.31. The number of rotatable bonds is 5. The van der Waals surface area contributed by atoms with E-state index in [9.17, 15) is 9.59 Å². The minimum absolute atomic E-state index is 0.0233. The Balaban J connectivity index is 1.77. The van der Waals surface area contributed by atoms with Gasteiger partial charge in [-0.05, 0) is 35.9 Å². The molecule has 130 valence electrons. The Morgan fingerprint density at radius 3 is 2.40 bits per heavy atom. The fraction of sp³-hybridized carbons (Fsp3) is 0.300. The van der Waals surface area contributed by atoms with Crippen molar-refractivity contribution in [3.8, 4) is 5.75 Å². The highest BCUT2D eigenvalue weighted by molar-refractivity contribution is 6.01. The second-order valence-corrected chi connectivity index (χ2v) is 5.89. The van der Waals surface area contributed by atoms with Crippen LogP contribution in [-0.4, -0.2) is 50.0 Å². The fourth-order valence-corrected chi connectivity index (χ4v) is 2.87. The molecular weight excluding hydrogens is 318 g/mol. The van der Waals surface area contributed by atoms with E-state index >= 15 is 0 Å². The molecule has 0 aliphatic carbocycles. The molecule has 1 heterocycles. The van der Waals surface area contributed by atoms with Crippen LogP contribution in [0.1, 0.15) is 26.3 Å². The lowest BCUT2D eigenvalue weighted by atomic mass is 9.98. The van der Waals surface area contributed by atoms with Crippen LogP contribution >= 0.6 is 0 Å². The molecule has 3 rings (SSSR count). The molecule has 1 saturated heterocycles. The van der Waals surface area contributed by atoms with Gasteiger partial charge in [0.2, 0.25) is 0 Å². The number of benzene rings is 2. The maximum atomic E-state index is 12.8. The van der Waals surface area contributed by atoms with Crippen LogP contribution in [-0.2, 0) is 11.2 Å². The van der Waals surface area contributed by atoms with E-state index in [4.69, 9.17) is 9.47 Å². The molecule has 0 bridgehead atoms. The van der Waals surface area contributed by atoms with E-state index in [0.717, 1.165) is 5.56 Å². The highest BCUT2D eigenvalue weighted by atomic mass is 16.5. The van der Waals surface area contributed by atoms with Crippen LogP contribution in [0.5, 0.6) is 5.75 Å². The van der Waals surface area contributed by atoms with Crippen LogP contribution in [0.15, 0.2) is 48.5 Å². The van der Waals surface area contributed by atoms with E-state index in [1.54, 1.807) is 42.3 Å². The summed E-state index contributed by atoms with van der Waals surface area (Å²) in [5.74, 6) is 0.644. The molecule has 0 spiro atoms. The summed E-state index contributed by atoms with van der Waals surface area (Å²) in [6.45, 7) is 2.27. The van der Waals surface area contributed by atoms with Crippen molar-refractivity contribution in [2.45, 2.75) is 6.42 Å². The van der Waals surface area contributed by atoms with Crippen LogP contribution in [0.3, 0.4) is 0 Å². The average Bonchev–Trinajstić information content (AvgIpc) is 2.68. The van der Waals surface area contributed by atoms with Gasteiger partial charge in [0.05, 0.1) is 20.3 Å². The number of morpholine rings is 1. The second-order valence-electron chi connectivity index (χ2n) is 5.89. The molecular formula is C20H21NO4. The number of carbonyl (C=O) groups is 2. The van der Waals surface area contributed by atoms with Crippen LogP contribution in [0.25, 0.3) is 0 Å². The van der Waals surface area contributed by atoms with E-state index in [0.29, 0.717) is 43.2 Å². The minimum atomic E-state index is -0.0403. The first-order valence-electron chi connectivity index (χ1n) is 8.31. The zero-order chi connectivity index (χ0) is 17.6. The summed E-state index contributed by atoms with van der Waals surface area (Å²) in [7, 11) is 1.59. The quantitative estimate of drug-likeness (QED) is 0.786. The lowest BCUT2D eigenvalue weighted by Gasteiger charge is -2.27. The normalized spacial score (nSPS) is 14.2. The predicted octanol–water partition coefficient (Wildman–Crippen LogP) is 2.59. The fourth-order valence-electron chi connectivity index (χ4n) is 2.87. The summed E-state index contributed by atoms with van der Waals surface area (Å²) in [6.07, 6.45) is 0.193. The predicted molar refractivity (Wildman–Crippen MR) is 94.2 cm³/mol. The Morgan fingerprint density at radius 1 is 1.04 bits per heavy atom. The van der Waals surface area contributed by atoms with Crippen LogP contribution in [0.4, 0.5) is 0 Å². The monoisotopic (exact) mass is 339 g/mol. The molecule has 5 nitrogen and oxygen atoms in total. The third kappa shape index (κ3) is 4.06. The van der Waals surface area contributed by atoms with E-state index < -0.39 is 0 Å². The first-order chi connectivity index (χ1) is 12.2. The van der Waals surface area contributed by atoms with Crippen molar-refractivity contribution in [2.75, 3.05) is 33.4 Å². The summed E-state index contributed by atoms with van der Waals surface area (Å²) in [4.78, 5) is 27.1. The van der Waals surface area contributed by atoms with Gasteiger partial charge in [-0.2, -0.15) is 0 Å². The number of Topliss-reactive ketones (excluding diaryl/α,β-unsaturated/α-hetero) is 1. The largest absolute Gasteiger partial charge is 0.497 e. The summed E-state index contributed by atoms with van der Waals surface area (Å²) in [6, 6.07) is 14.3. The topological polar surface area (TPSA) is 55.8 Å². The van der Waals surface area contributed by atoms with Gasteiger partial charge < -0.3 is 14.4 Å². The van der Waals surface area contributed by atoms with Crippen molar-refractivity contribution in [2.24, 2.45) is 0 Å². The summed E-state index contributed by atoms with van der Waals surface area (Å²) >= 11 is 0. The number of hydrogen-bond donors (Lipinski definition) is 0. The van der Waals surface area contributed by atoms with Crippen molar-refractivity contribution in [1.82, 2.24) is 4.90 Å². The van der Waals surface area contributed by atoms with Gasteiger partial charge in [-0.1, -0.05) is 18.2 Å². The molecule has 1 aliphatic rings. The molecule has 2 aromatic rings. The smallest absolute Gasteiger partial charge is 0.254 e. The molecule has 0 unspecified atom stereocenters. The lowest BCUT2D eigenvalue weighted by molar-refractivity contribution is 0.0302. The van der Waals surface area contributed by atoms with E-state index in [1.165, 1.54) is 0 Å². The number of nitrogens with zero attached hydrogens (tertiary/aromatic N) is 1. The SMILES string of the molecule is COc1ccc(C(=O)Cc2ccccc2C(=O)N2CCOCC2)cc1. The summed E-state index contributed by atoms with van der Waals surface area (Å²) in [5.41, 5.74) is 1.94. The standard InChI is InChI=1S/C20H21NO4/c1-24-17-8-6-15(7-9-17)19(22)14-16-4-2-3-5-18(16)20(23)21-10-12-25-13-11-21/h2-9H,10-14H2,1H3. The van der Waals surface area contributed by atoms with Gasteiger partial charge in [0.25, 0.3) is 5.91 Å². The number of ether oxygens (including phenoxy) is 2. The number of amides is 1. The molecule has 25 heavy (non-hydrogen) atoms. The average molecular weight is 339 g/mol. The number of carbonyl (C=O) groups excluding carboxylic acids is 2. The van der Waals surface area contributed by atoms with E-state index in [1.807, 2.05) is 18.2 Å². The van der Waals surface area contributed by atoms with Crippen molar-refractivity contribution in [3.63, 3.8) is 0 Å². The Morgan fingerprint density at radius 2 is 1.72 bits per heavy atom. The summed E-state index contributed by atoms with van der Waals surface area (Å²) < 4.78 is 10.4. The first-order valence-corrected chi connectivity index (χ1v) is 8.31. The molecule has 1 aliphatic heterocycles. The lowest BCUT2D eigenvalue weighted by Crippen LogP contribution is -2.41. The molecule has 0 N–H and O–H groups in total. The molecule has 0 saturated carbocycles. The van der Waals surface area contributed by atoms with Crippen molar-refractivity contribution in [1.29, 1.82) is 0 Å². The maximum absolute atomic E-state index is 12.8. The molecule has 2 aromatic carbocycles. The highest BCUT2D eigenvalue weighted by Gasteiger charge is 2.21. The van der Waals surface area contributed by atoms with Gasteiger partial charge >= 0.3 is 0 Å². The number of methoxy groups -OCH3 is 1. The summed E-state index contributed by atoms with van der Waals surface area (Å²) in [5, 5.41) is 0. The minimum Gasteiger partial charge on any atom is -0.497 e. The Kier molecular flexibility index (Phi) is 5.46. The molecule has 1 fully saturated rings. The van der Waals surface area contributed by atoms with E-state index in [-0.39, 0.29) is 18.1 Å². The van der Waals surface area contributed by atoms with Crippen LogP contribution in [0.2, 0.25) is 0 Å². The number of ketones is 1. The Bertz CT molecular complexity index is 749. The maximum Gasteiger partial charge on any atom is 0.254 e. The first kappa shape index (κ1) is 17.2. The van der Waals surface area contributed by atoms with Crippen LogP contribution in [0, 0.1) is 0 Å². The van der Waals surface area contributed by atoms with E-state index in [2.05, 4.69) is 0 Å². The molecule has 0 radical (unpaired) electrons. The Labute approximate surface area is 147 Å². The van der Waals surface area contributed by atoms with Gasteiger partial charge in [0.1, 0.15) is 5.75 Å². The van der Waals surface area contributed by atoms with Crippen molar-refractivity contribution >= 4 is 11.7 Å². The highest BCUT2D eigenvalue weighted by Crippen LogP contribution is 2.17. The van der Waals surface area contributed by atoms with Crippen LogP contribution < -0.4 is 4.74 Å². The Hall–Kier alpha value is -2.66. The molecule has 5 heteroatoms. The zero-order valence-corrected chi connectivity index (χ0v) is 14.2. The molecule has 0 aromatic heterocycles. The van der Waals surface area contributed by atoms with Gasteiger partial charge in [0.15, 0.2) is 5.78 Å². The second kappa shape index (κ2) is 7.94. The van der Waals surface area contributed by atoms with Gasteiger partial charge in [-0.3, -0.25) is 9.59 Å².